The van der Waals surface area contributed by atoms with E-state index >= 15 is 0 Å². The van der Waals surface area contributed by atoms with Crippen LogP contribution in [0, 0.1) is 0 Å². The van der Waals surface area contributed by atoms with Crippen molar-refractivity contribution in [3.63, 3.8) is 0 Å². The molecular weight excluding hydrogens is 488 g/mol. The van der Waals surface area contributed by atoms with Crippen LogP contribution in [-0.4, -0.2) is 100 Å². The summed E-state index contributed by atoms with van der Waals surface area (Å²) in [6.45, 7) is 1.76. The molecule has 3 rings (SSSR count). The van der Waals surface area contributed by atoms with Gasteiger partial charge in [0.15, 0.2) is 10.8 Å². The number of fused-ring (bicyclic) bond motifs is 1. The van der Waals surface area contributed by atoms with Crippen molar-refractivity contribution in [2.45, 2.75) is 18.3 Å². The number of anilines is 1. The van der Waals surface area contributed by atoms with Crippen LogP contribution >= 0.6 is 23.1 Å². The Hall–Kier alpha value is -3.17. The van der Waals surface area contributed by atoms with Crippen LogP contribution in [0.2, 0.25) is 0 Å². The summed E-state index contributed by atoms with van der Waals surface area (Å²) >= 11 is 2.37. The average Bonchev–Trinajstić information content (AvgIpc) is 3.20. The number of oxime groups is 1. The second kappa shape index (κ2) is 10.8. The number of ether oxygens (including phenoxy) is 1. The maximum atomic E-state index is 13.0. The third-order valence-electron chi connectivity index (χ3n) is 4.75. The Morgan fingerprint density at radius 3 is 2.74 bits per heavy atom. The number of hydrogen-bond donors (Lipinski definition) is 3. The van der Waals surface area contributed by atoms with Crippen LogP contribution in [0.4, 0.5) is 5.13 Å². The van der Waals surface area contributed by atoms with Gasteiger partial charge in [0.2, 0.25) is 0 Å². The van der Waals surface area contributed by atoms with E-state index in [0.717, 1.165) is 16.2 Å². The molecule has 1 unspecified atom stereocenters. The number of aliphatic carboxylic acids is 1. The van der Waals surface area contributed by atoms with E-state index in [2.05, 4.69) is 15.5 Å². The molecule has 0 spiro atoms. The molecule has 1 fully saturated rings. The highest BCUT2D eigenvalue weighted by Gasteiger charge is 2.54. The monoisotopic (exact) mass is 512 g/mol. The minimum Gasteiger partial charge on any atom is -0.477 e. The predicted octanol–water partition coefficient (Wildman–Crippen LogP) is -0.691. The number of carboxylic acids is 1. The van der Waals surface area contributed by atoms with Crippen molar-refractivity contribution in [2.75, 3.05) is 45.3 Å². The van der Waals surface area contributed by atoms with Crippen molar-refractivity contribution in [3.05, 3.63) is 22.3 Å². The fourth-order valence-electron chi connectivity index (χ4n) is 3.13. The quantitative estimate of drug-likeness (QED) is 0.119. The number of nitrogens with one attached hydrogen (secondary N) is 1. The molecule has 3 heterocycles. The van der Waals surface area contributed by atoms with Gasteiger partial charge in [-0.25, -0.2) is 9.78 Å². The highest BCUT2D eigenvalue weighted by atomic mass is 32.2. The van der Waals surface area contributed by atoms with E-state index in [1.165, 1.54) is 18.7 Å². The molecule has 184 valence electrons. The number of thiazole rings is 1. The van der Waals surface area contributed by atoms with Gasteiger partial charge < -0.3 is 30.6 Å². The molecule has 2 aliphatic rings. The zero-order chi connectivity index (χ0) is 25.0. The number of hydrogen-bond acceptors (Lipinski definition) is 12. The first kappa shape index (κ1) is 25.5. The fourth-order valence-corrected chi connectivity index (χ4v) is 5.00. The number of thioether (sulfide) groups is 1. The first-order valence-electron chi connectivity index (χ1n) is 10.0. The van der Waals surface area contributed by atoms with Gasteiger partial charge in [0, 0.05) is 30.2 Å². The Morgan fingerprint density at radius 2 is 2.15 bits per heavy atom. The number of likely N-dealkylation sites (N-methyl/N-ethyl adjacent to an activating group) is 1. The van der Waals surface area contributed by atoms with Gasteiger partial charge in [0.25, 0.3) is 11.8 Å². The van der Waals surface area contributed by atoms with Crippen LogP contribution in [0.15, 0.2) is 21.8 Å². The third kappa shape index (κ3) is 5.66. The molecule has 2 atom stereocenters. The molecule has 2 aliphatic heterocycles. The van der Waals surface area contributed by atoms with E-state index in [1.807, 2.05) is 19.0 Å². The van der Waals surface area contributed by atoms with Crippen LogP contribution in [0.5, 0.6) is 0 Å². The van der Waals surface area contributed by atoms with Gasteiger partial charge in [-0.3, -0.25) is 19.3 Å². The number of carbonyl (C=O) groups excluding carboxylic acids is 3. The number of nitrogen functional groups attached to an aromatic ring is 1. The molecule has 0 aliphatic carbocycles. The lowest BCUT2D eigenvalue weighted by atomic mass is 10.0. The van der Waals surface area contributed by atoms with E-state index in [4.69, 9.17) is 15.3 Å². The van der Waals surface area contributed by atoms with Crippen LogP contribution in [0.25, 0.3) is 0 Å². The summed E-state index contributed by atoms with van der Waals surface area (Å²) in [4.78, 5) is 61.0. The number of esters is 1. The third-order valence-corrected chi connectivity index (χ3v) is 6.76. The molecule has 34 heavy (non-hydrogen) atoms. The number of rotatable bonds is 10. The Kier molecular flexibility index (Phi) is 8.11. The van der Waals surface area contributed by atoms with Crippen LogP contribution in [0.1, 0.15) is 12.6 Å². The number of β-lactam (4-membered cyclic amide) rings is 1. The molecule has 13 nitrogen and oxygen atoms in total. The number of nitrogens with zero attached hydrogens (tertiary/aromatic N) is 4. The summed E-state index contributed by atoms with van der Waals surface area (Å²) < 4.78 is 4.91. The molecule has 4 N–H and O–H groups in total. The minimum atomic E-state index is -1.32. The number of carbonyl (C=O) groups is 4. The van der Waals surface area contributed by atoms with Crippen molar-refractivity contribution in [1.29, 1.82) is 0 Å². The number of aromatic nitrogens is 1. The summed E-state index contributed by atoms with van der Waals surface area (Å²) in [7, 11) is 3.71. The SMILES string of the molecule is CC(=O)OCC1=C(C(=O)O)N2C(=O)C(NC(=O)C(=NOCCN(C)C)c3csc(N)n3)[C@H]2SC1. The fraction of sp³-hybridized carbons (Fsp3) is 0.474. The molecule has 1 aromatic heterocycles. The standard InChI is InChI=1S/C19H24N6O7S2/c1-9(26)31-6-10-7-33-17-13(16(28)25(17)14(10)18(29)30)22-15(27)12(11-8-34-19(20)21-11)23-32-5-4-24(2)3/h8,13,17H,4-7H2,1-3H3,(H2,20,21)(H,22,27)(H,29,30)/t13?,17-/m1/s1. The highest BCUT2D eigenvalue weighted by molar-refractivity contribution is 8.00. The van der Waals surface area contributed by atoms with Gasteiger partial charge in [-0.05, 0) is 14.1 Å². The van der Waals surface area contributed by atoms with E-state index in [1.54, 1.807) is 5.38 Å². The summed E-state index contributed by atoms with van der Waals surface area (Å²) in [5.74, 6) is -2.98. The topological polar surface area (TPSA) is 177 Å². The van der Waals surface area contributed by atoms with Gasteiger partial charge in [0.1, 0.15) is 36.0 Å². The summed E-state index contributed by atoms with van der Waals surface area (Å²) in [6.07, 6.45) is 0. The zero-order valence-corrected chi connectivity index (χ0v) is 20.3. The Bertz CT molecular complexity index is 1050. The molecular formula is C19H24N6O7S2. The van der Waals surface area contributed by atoms with Crippen molar-refractivity contribution in [3.8, 4) is 0 Å². The van der Waals surface area contributed by atoms with E-state index < -0.39 is 35.2 Å². The smallest absolute Gasteiger partial charge is 0.352 e. The number of amides is 2. The molecule has 15 heteroatoms. The van der Waals surface area contributed by atoms with Gasteiger partial charge in [-0.1, -0.05) is 5.16 Å². The van der Waals surface area contributed by atoms with E-state index in [-0.39, 0.29) is 41.2 Å². The molecule has 0 radical (unpaired) electrons. The summed E-state index contributed by atoms with van der Waals surface area (Å²) in [5.41, 5.74) is 5.78. The summed E-state index contributed by atoms with van der Waals surface area (Å²) in [6, 6.07) is -0.981. The minimum absolute atomic E-state index is 0.150. The average molecular weight is 513 g/mol. The Balaban J connectivity index is 1.75. The molecule has 0 bridgehead atoms. The Morgan fingerprint density at radius 1 is 1.41 bits per heavy atom. The van der Waals surface area contributed by atoms with Gasteiger partial charge in [-0.15, -0.1) is 23.1 Å². The molecule has 2 amide bonds. The molecule has 0 saturated carbocycles. The maximum absolute atomic E-state index is 13.0. The maximum Gasteiger partial charge on any atom is 0.352 e. The lowest BCUT2D eigenvalue weighted by Crippen LogP contribution is -2.71. The van der Waals surface area contributed by atoms with E-state index in [9.17, 15) is 24.3 Å². The van der Waals surface area contributed by atoms with Crippen LogP contribution in [0.3, 0.4) is 0 Å². The Labute approximate surface area is 202 Å². The lowest BCUT2D eigenvalue weighted by molar-refractivity contribution is -0.150. The van der Waals surface area contributed by atoms with Crippen molar-refractivity contribution < 1.29 is 33.9 Å². The zero-order valence-electron chi connectivity index (χ0n) is 18.6. The molecule has 0 aromatic carbocycles. The number of carboxylic acid groups (broad SMARTS) is 1. The molecule has 1 saturated heterocycles. The molecule has 1 aromatic rings. The van der Waals surface area contributed by atoms with Gasteiger partial charge in [-0.2, -0.15) is 0 Å². The van der Waals surface area contributed by atoms with Gasteiger partial charge in [0.05, 0.1) is 0 Å². The lowest BCUT2D eigenvalue weighted by Gasteiger charge is -2.49. The number of nitrogens with two attached hydrogens (primary N) is 1. The van der Waals surface area contributed by atoms with Crippen molar-refractivity contribution in [1.82, 2.24) is 20.1 Å². The van der Waals surface area contributed by atoms with E-state index in [0.29, 0.717) is 12.1 Å². The second-order valence-corrected chi connectivity index (χ2v) is 9.54. The highest BCUT2D eigenvalue weighted by Crippen LogP contribution is 2.40. The van der Waals surface area contributed by atoms with Crippen molar-refractivity contribution in [2.24, 2.45) is 5.16 Å². The first-order chi connectivity index (χ1) is 16.1. The van der Waals surface area contributed by atoms with Crippen molar-refractivity contribution >= 4 is 57.7 Å². The largest absolute Gasteiger partial charge is 0.477 e. The normalized spacial score (nSPS) is 20.1. The second-order valence-electron chi connectivity index (χ2n) is 7.55. The summed E-state index contributed by atoms with van der Waals surface area (Å²) in [5, 5.41) is 17.3. The first-order valence-corrected chi connectivity index (χ1v) is 11.9. The van der Waals surface area contributed by atoms with Crippen LogP contribution < -0.4 is 11.1 Å². The van der Waals surface area contributed by atoms with Crippen LogP contribution in [-0.2, 0) is 28.8 Å². The van der Waals surface area contributed by atoms with Gasteiger partial charge >= 0.3 is 11.9 Å². The predicted molar refractivity (Wildman–Crippen MR) is 124 cm³/mol.